The van der Waals surface area contributed by atoms with Gasteiger partial charge in [-0.25, -0.2) is 0 Å². The highest BCUT2D eigenvalue weighted by Crippen LogP contribution is 2.32. The molecule has 1 aromatic carbocycles. The van der Waals surface area contributed by atoms with Crippen LogP contribution in [0.15, 0.2) is 17.2 Å². The Kier molecular flexibility index (Phi) is 6.38. The standard InChI is InChI=1S/C12H16ClN3O2S/c1-3-4-18-11-6-9(13)8(5-10(11)17-2)7-15-16-12(14)19/h5-7H,3-4H2,1-2H3,(H3,14,16,19). The Morgan fingerprint density at radius 3 is 2.84 bits per heavy atom. The molecule has 0 radical (unpaired) electrons. The molecule has 0 aliphatic heterocycles. The molecule has 0 saturated carbocycles. The Balaban J connectivity index is 2.95. The number of methoxy groups -OCH3 is 1. The summed E-state index contributed by atoms with van der Waals surface area (Å²) in [5.41, 5.74) is 8.39. The minimum atomic E-state index is 0.0854. The van der Waals surface area contributed by atoms with Crippen LogP contribution in [0.5, 0.6) is 11.5 Å². The molecule has 0 unspecified atom stereocenters. The van der Waals surface area contributed by atoms with Gasteiger partial charge in [0.2, 0.25) is 0 Å². The molecule has 0 saturated heterocycles. The van der Waals surface area contributed by atoms with Crippen LogP contribution in [0, 0.1) is 0 Å². The molecule has 3 N–H and O–H groups in total. The van der Waals surface area contributed by atoms with Gasteiger partial charge in [-0.05, 0) is 24.7 Å². The molecular weight excluding hydrogens is 286 g/mol. The zero-order valence-electron chi connectivity index (χ0n) is 10.8. The van der Waals surface area contributed by atoms with Crippen LogP contribution in [0.3, 0.4) is 0 Å². The second kappa shape index (κ2) is 7.81. The van der Waals surface area contributed by atoms with Crippen molar-refractivity contribution < 1.29 is 9.47 Å². The van der Waals surface area contributed by atoms with Crippen LogP contribution < -0.4 is 20.6 Å². The largest absolute Gasteiger partial charge is 0.493 e. The van der Waals surface area contributed by atoms with E-state index >= 15 is 0 Å². The quantitative estimate of drug-likeness (QED) is 0.479. The van der Waals surface area contributed by atoms with Crippen LogP contribution in [-0.4, -0.2) is 25.0 Å². The first kappa shape index (κ1) is 15.5. The molecular formula is C12H16ClN3O2S. The first-order valence-electron chi connectivity index (χ1n) is 5.67. The third-order valence-electron chi connectivity index (χ3n) is 2.12. The summed E-state index contributed by atoms with van der Waals surface area (Å²) in [5.74, 6) is 1.20. The van der Waals surface area contributed by atoms with Crippen molar-refractivity contribution in [3.8, 4) is 11.5 Å². The summed E-state index contributed by atoms with van der Waals surface area (Å²) < 4.78 is 10.8. The predicted octanol–water partition coefficient (Wildman–Crippen LogP) is 2.30. The molecule has 104 valence electrons. The molecule has 0 aliphatic rings. The van der Waals surface area contributed by atoms with E-state index in [1.165, 1.54) is 6.21 Å². The van der Waals surface area contributed by atoms with Crippen LogP contribution >= 0.6 is 23.8 Å². The van der Waals surface area contributed by atoms with E-state index in [0.717, 1.165) is 6.42 Å². The number of halogens is 1. The van der Waals surface area contributed by atoms with Gasteiger partial charge < -0.3 is 15.2 Å². The summed E-state index contributed by atoms with van der Waals surface area (Å²) >= 11 is 10.8. The van der Waals surface area contributed by atoms with E-state index in [1.807, 2.05) is 6.92 Å². The lowest BCUT2D eigenvalue weighted by Crippen LogP contribution is -2.24. The average Bonchev–Trinajstić information content (AvgIpc) is 2.38. The van der Waals surface area contributed by atoms with Gasteiger partial charge in [-0.15, -0.1) is 0 Å². The number of nitrogens with two attached hydrogens (primary N) is 1. The molecule has 1 rings (SSSR count). The number of rotatable bonds is 6. The molecule has 19 heavy (non-hydrogen) atoms. The van der Waals surface area contributed by atoms with Gasteiger partial charge in [0.25, 0.3) is 0 Å². The van der Waals surface area contributed by atoms with Gasteiger partial charge in [0, 0.05) is 11.6 Å². The maximum Gasteiger partial charge on any atom is 0.184 e. The summed E-state index contributed by atoms with van der Waals surface area (Å²) in [7, 11) is 1.57. The zero-order valence-corrected chi connectivity index (χ0v) is 12.3. The lowest BCUT2D eigenvalue weighted by atomic mass is 10.2. The van der Waals surface area contributed by atoms with E-state index in [-0.39, 0.29) is 5.11 Å². The Morgan fingerprint density at radius 1 is 1.53 bits per heavy atom. The van der Waals surface area contributed by atoms with Crippen molar-refractivity contribution in [1.82, 2.24) is 5.43 Å². The fourth-order valence-electron chi connectivity index (χ4n) is 1.30. The minimum Gasteiger partial charge on any atom is -0.493 e. The highest BCUT2D eigenvalue weighted by atomic mass is 35.5. The third kappa shape index (κ3) is 4.92. The number of benzene rings is 1. The van der Waals surface area contributed by atoms with Gasteiger partial charge in [0.15, 0.2) is 16.6 Å². The van der Waals surface area contributed by atoms with Gasteiger partial charge in [-0.1, -0.05) is 18.5 Å². The predicted molar refractivity (Wildman–Crippen MR) is 81.3 cm³/mol. The molecule has 7 heteroatoms. The summed E-state index contributed by atoms with van der Waals surface area (Å²) in [6.07, 6.45) is 2.41. The number of nitrogens with zero attached hydrogens (tertiary/aromatic N) is 1. The van der Waals surface area contributed by atoms with Crippen LogP contribution in [0.25, 0.3) is 0 Å². The SMILES string of the molecule is CCCOc1cc(Cl)c(C=NNC(N)=S)cc1OC. The first-order chi connectivity index (χ1) is 9.08. The minimum absolute atomic E-state index is 0.0854. The maximum atomic E-state index is 6.13. The fraction of sp³-hybridized carbons (Fsp3) is 0.333. The van der Waals surface area contributed by atoms with Crippen molar-refractivity contribution in [2.75, 3.05) is 13.7 Å². The molecule has 0 spiro atoms. The highest BCUT2D eigenvalue weighted by molar-refractivity contribution is 7.80. The number of ether oxygens (including phenoxy) is 2. The summed E-state index contributed by atoms with van der Waals surface area (Å²) in [6.45, 7) is 2.62. The van der Waals surface area contributed by atoms with E-state index in [1.54, 1.807) is 19.2 Å². The molecule has 0 amide bonds. The molecule has 0 atom stereocenters. The van der Waals surface area contributed by atoms with E-state index in [2.05, 4.69) is 22.7 Å². The lowest BCUT2D eigenvalue weighted by molar-refractivity contribution is 0.294. The van der Waals surface area contributed by atoms with Crippen LogP contribution in [-0.2, 0) is 0 Å². The van der Waals surface area contributed by atoms with E-state index in [0.29, 0.717) is 28.7 Å². The monoisotopic (exact) mass is 301 g/mol. The Bertz CT molecular complexity index is 480. The smallest absolute Gasteiger partial charge is 0.184 e. The Labute approximate surface area is 122 Å². The molecule has 0 heterocycles. The molecule has 0 aliphatic carbocycles. The Hall–Kier alpha value is -1.53. The number of nitrogens with one attached hydrogen (secondary N) is 1. The number of hydrogen-bond acceptors (Lipinski definition) is 4. The molecule has 0 fully saturated rings. The van der Waals surface area contributed by atoms with Crippen LogP contribution in [0.4, 0.5) is 0 Å². The van der Waals surface area contributed by atoms with Crippen molar-refractivity contribution in [2.45, 2.75) is 13.3 Å². The average molecular weight is 302 g/mol. The first-order valence-corrected chi connectivity index (χ1v) is 6.46. The van der Waals surface area contributed by atoms with Crippen molar-refractivity contribution in [1.29, 1.82) is 0 Å². The normalized spacial score (nSPS) is 10.5. The number of thiocarbonyl (C=S) groups is 1. The van der Waals surface area contributed by atoms with Crippen molar-refractivity contribution in [3.63, 3.8) is 0 Å². The topological polar surface area (TPSA) is 68.9 Å². The van der Waals surface area contributed by atoms with E-state index < -0.39 is 0 Å². The van der Waals surface area contributed by atoms with Gasteiger partial charge in [-0.2, -0.15) is 5.10 Å². The summed E-state index contributed by atoms with van der Waals surface area (Å²) in [5, 5.41) is 4.43. The highest BCUT2D eigenvalue weighted by Gasteiger charge is 2.09. The molecule has 0 bridgehead atoms. The molecule has 5 nitrogen and oxygen atoms in total. The van der Waals surface area contributed by atoms with E-state index in [9.17, 15) is 0 Å². The van der Waals surface area contributed by atoms with Gasteiger partial charge in [0.1, 0.15) is 0 Å². The fourth-order valence-corrected chi connectivity index (χ4v) is 1.55. The Morgan fingerprint density at radius 2 is 2.26 bits per heavy atom. The van der Waals surface area contributed by atoms with Crippen LogP contribution in [0.1, 0.15) is 18.9 Å². The molecule has 1 aromatic rings. The zero-order chi connectivity index (χ0) is 14.3. The second-order valence-electron chi connectivity index (χ2n) is 3.61. The lowest BCUT2D eigenvalue weighted by Gasteiger charge is -2.11. The van der Waals surface area contributed by atoms with E-state index in [4.69, 9.17) is 26.8 Å². The molecule has 0 aromatic heterocycles. The summed E-state index contributed by atoms with van der Waals surface area (Å²) in [6, 6.07) is 3.43. The van der Waals surface area contributed by atoms with Gasteiger partial charge in [0.05, 0.1) is 25.0 Å². The van der Waals surface area contributed by atoms with Crippen LogP contribution in [0.2, 0.25) is 5.02 Å². The number of hydrogen-bond donors (Lipinski definition) is 2. The van der Waals surface area contributed by atoms with Crippen molar-refractivity contribution in [3.05, 3.63) is 22.7 Å². The van der Waals surface area contributed by atoms with Gasteiger partial charge in [-0.3, -0.25) is 5.43 Å². The van der Waals surface area contributed by atoms with Crippen molar-refractivity contribution in [2.24, 2.45) is 10.8 Å². The second-order valence-corrected chi connectivity index (χ2v) is 4.45. The summed E-state index contributed by atoms with van der Waals surface area (Å²) in [4.78, 5) is 0. The maximum absolute atomic E-state index is 6.13. The van der Waals surface area contributed by atoms with Gasteiger partial charge >= 0.3 is 0 Å². The third-order valence-corrected chi connectivity index (χ3v) is 2.54. The van der Waals surface area contributed by atoms with Crippen molar-refractivity contribution >= 4 is 35.1 Å². The number of hydrazone groups is 1.